The first kappa shape index (κ1) is 15.9. The van der Waals surface area contributed by atoms with Gasteiger partial charge in [-0.3, -0.25) is 10.1 Å². The maximum atomic E-state index is 13.6. The molecule has 0 aliphatic carbocycles. The highest BCUT2D eigenvalue weighted by Gasteiger charge is 2.20. The predicted molar refractivity (Wildman–Crippen MR) is 82.4 cm³/mol. The Kier molecular flexibility index (Phi) is 5.43. The third kappa shape index (κ3) is 3.79. The maximum Gasteiger partial charge on any atom is 0.327 e. The minimum absolute atomic E-state index is 0.00643. The number of nitro groups is 1. The molecule has 0 bridgehead atoms. The van der Waals surface area contributed by atoms with E-state index in [0.717, 1.165) is 11.6 Å². The van der Waals surface area contributed by atoms with Gasteiger partial charge in [-0.1, -0.05) is 36.4 Å². The lowest BCUT2D eigenvalue weighted by molar-refractivity contribution is -0.386. The zero-order valence-electron chi connectivity index (χ0n) is 11.9. The Balaban J connectivity index is 2.17. The van der Waals surface area contributed by atoms with E-state index in [-0.39, 0.29) is 18.2 Å². The molecule has 0 amide bonds. The third-order valence-corrected chi connectivity index (χ3v) is 3.46. The second-order valence-electron chi connectivity index (χ2n) is 4.89. The van der Waals surface area contributed by atoms with Crippen molar-refractivity contribution in [2.45, 2.75) is 12.3 Å². The summed E-state index contributed by atoms with van der Waals surface area (Å²) in [6, 6.07) is 13.5. The fourth-order valence-corrected chi connectivity index (χ4v) is 2.34. The molecule has 2 aromatic carbocycles. The average Bonchev–Trinajstić information content (AvgIpc) is 2.52. The molecule has 22 heavy (non-hydrogen) atoms. The van der Waals surface area contributed by atoms with Crippen molar-refractivity contribution in [1.82, 2.24) is 0 Å². The SMILES string of the molecule is O=[N+]([O-])c1c(F)cccc1NCC(CCO)c1ccccc1. The Morgan fingerprint density at radius 2 is 1.91 bits per heavy atom. The Morgan fingerprint density at radius 1 is 1.18 bits per heavy atom. The number of aliphatic hydroxyl groups is 1. The van der Waals surface area contributed by atoms with Gasteiger partial charge in [0, 0.05) is 19.1 Å². The van der Waals surface area contributed by atoms with E-state index >= 15 is 0 Å². The lowest BCUT2D eigenvalue weighted by Gasteiger charge is -2.18. The van der Waals surface area contributed by atoms with Gasteiger partial charge in [-0.05, 0) is 24.1 Å². The smallest absolute Gasteiger partial charge is 0.327 e. The Morgan fingerprint density at radius 3 is 2.55 bits per heavy atom. The first-order valence-corrected chi connectivity index (χ1v) is 6.96. The molecule has 2 N–H and O–H groups in total. The second kappa shape index (κ2) is 7.51. The van der Waals surface area contributed by atoms with Crippen molar-refractivity contribution in [3.05, 3.63) is 70.0 Å². The molecule has 0 aliphatic heterocycles. The van der Waals surface area contributed by atoms with Gasteiger partial charge in [0.2, 0.25) is 5.82 Å². The molecule has 2 aromatic rings. The number of halogens is 1. The minimum atomic E-state index is -0.867. The van der Waals surface area contributed by atoms with Crippen LogP contribution in [0.3, 0.4) is 0 Å². The van der Waals surface area contributed by atoms with Crippen LogP contribution in [-0.2, 0) is 0 Å². The summed E-state index contributed by atoms with van der Waals surface area (Å²) in [5.41, 5.74) is 0.602. The quantitative estimate of drug-likeness (QED) is 0.608. The number of hydrogen-bond acceptors (Lipinski definition) is 4. The first-order chi connectivity index (χ1) is 10.6. The summed E-state index contributed by atoms with van der Waals surface area (Å²) in [5, 5.41) is 23.1. The molecule has 0 saturated carbocycles. The molecular formula is C16H17FN2O3. The van der Waals surface area contributed by atoms with Gasteiger partial charge in [-0.15, -0.1) is 0 Å². The number of nitrogens with one attached hydrogen (secondary N) is 1. The summed E-state index contributed by atoms with van der Waals surface area (Å²) < 4.78 is 13.6. The number of anilines is 1. The van der Waals surface area contributed by atoms with E-state index in [0.29, 0.717) is 13.0 Å². The molecule has 0 aliphatic rings. The zero-order valence-corrected chi connectivity index (χ0v) is 11.9. The summed E-state index contributed by atoms with van der Waals surface area (Å²) in [5.74, 6) is -0.887. The third-order valence-electron chi connectivity index (χ3n) is 3.46. The van der Waals surface area contributed by atoms with Crippen LogP contribution >= 0.6 is 0 Å². The van der Waals surface area contributed by atoms with Gasteiger partial charge < -0.3 is 10.4 Å². The molecular weight excluding hydrogens is 287 g/mol. The van der Waals surface area contributed by atoms with Gasteiger partial charge >= 0.3 is 5.69 Å². The van der Waals surface area contributed by atoms with E-state index in [1.807, 2.05) is 30.3 Å². The summed E-state index contributed by atoms with van der Waals surface area (Å²) in [6.45, 7) is 0.376. The van der Waals surface area contributed by atoms with Crippen LogP contribution in [-0.4, -0.2) is 23.2 Å². The van der Waals surface area contributed by atoms with E-state index in [2.05, 4.69) is 5.32 Å². The predicted octanol–water partition coefficient (Wildman–Crippen LogP) is 3.31. The minimum Gasteiger partial charge on any atom is -0.396 e. The maximum absolute atomic E-state index is 13.6. The van der Waals surface area contributed by atoms with Crippen LogP contribution in [0.15, 0.2) is 48.5 Å². The topological polar surface area (TPSA) is 75.4 Å². The van der Waals surface area contributed by atoms with Crippen molar-refractivity contribution in [2.75, 3.05) is 18.5 Å². The van der Waals surface area contributed by atoms with Crippen molar-refractivity contribution in [3.63, 3.8) is 0 Å². The van der Waals surface area contributed by atoms with Crippen LogP contribution < -0.4 is 5.32 Å². The van der Waals surface area contributed by atoms with Crippen molar-refractivity contribution in [2.24, 2.45) is 0 Å². The van der Waals surface area contributed by atoms with Crippen LogP contribution in [0, 0.1) is 15.9 Å². The molecule has 116 valence electrons. The van der Waals surface area contributed by atoms with Gasteiger partial charge in [0.15, 0.2) is 0 Å². The summed E-state index contributed by atoms with van der Waals surface area (Å²) in [7, 11) is 0. The van der Waals surface area contributed by atoms with Gasteiger partial charge in [0.05, 0.1) is 4.92 Å². The highest BCUT2D eigenvalue weighted by Crippen LogP contribution is 2.28. The normalized spacial score (nSPS) is 11.9. The molecule has 1 unspecified atom stereocenters. The number of rotatable bonds is 7. The molecule has 0 heterocycles. The van der Waals surface area contributed by atoms with Crippen molar-refractivity contribution >= 4 is 11.4 Å². The molecule has 5 nitrogen and oxygen atoms in total. The molecule has 0 fully saturated rings. The second-order valence-corrected chi connectivity index (χ2v) is 4.89. The Labute approximate surface area is 127 Å². The molecule has 1 atom stereocenters. The van der Waals surface area contributed by atoms with Crippen molar-refractivity contribution in [3.8, 4) is 0 Å². The van der Waals surface area contributed by atoms with Crippen LogP contribution in [0.25, 0.3) is 0 Å². The number of nitro benzene ring substituents is 1. The first-order valence-electron chi connectivity index (χ1n) is 6.96. The number of benzene rings is 2. The number of nitrogens with zero attached hydrogens (tertiary/aromatic N) is 1. The van der Waals surface area contributed by atoms with E-state index < -0.39 is 16.4 Å². The fourth-order valence-electron chi connectivity index (χ4n) is 2.34. The Hall–Kier alpha value is -2.47. The summed E-state index contributed by atoms with van der Waals surface area (Å²) >= 11 is 0. The molecule has 0 saturated heterocycles. The van der Waals surface area contributed by atoms with Gasteiger partial charge in [-0.2, -0.15) is 4.39 Å². The monoisotopic (exact) mass is 304 g/mol. The van der Waals surface area contributed by atoms with Crippen LogP contribution in [0.2, 0.25) is 0 Å². The van der Waals surface area contributed by atoms with Gasteiger partial charge in [0.1, 0.15) is 5.69 Å². The highest BCUT2D eigenvalue weighted by molar-refractivity contribution is 5.62. The van der Waals surface area contributed by atoms with Crippen LogP contribution in [0.5, 0.6) is 0 Å². The van der Waals surface area contributed by atoms with Crippen molar-refractivity contribution < 1.29 is 14.4 Å². The number of aliphatic hydroxyl groups excluding tert-OH is 1. The molecule has 6 heteroatoms. The van der Waals surface area contributed by atoms with Crippen LogP contribution in [0.1, 0.15) is 17.9 Å². The van der Waals surface area contributed by atoms with E-state index in [1.165, 1.54) is 12.1 Å². The van der Waals surface area contributed by atoms with Crippen molar-refractivity contribution in [1.29, 1.82) is 0 Å². The molecule has 2 rings (SSSR count). The largest absolute Gasteiger partial charge is 0.396 e. The molecule has 0 radical (unpaired) electrons. The molecule has 0 spiro atoms. The lowest BCUT2D eigenvalue weighted by atomic mass is 9.96. The Bertz CT molecular complexity index is 635. The number of hydrogen-bond donors (Lipinski definition) is 2. The average molecular weight is 304 g/mol. The highest BCUT2D eigenvalue weighted by atomic mass is 19.1. The van der Waals surface area contributed by atoms with Gasteiger partial charge in [0.25, 0.3) is 0 Å². The van der Waals surface area contributed by atoms with E-state index in [9.17, 15) is 19.6 Å². The standard InChI is InChI=1S/C16H17FN2O3/c17-14-7-4-8-15(16(14)19(21)22)18-11-13(9-10-20)12-5-2-1-3-6-12/h1-8,13,18,20H,9-11H2. The van der Waals surface area contributed by atoms with Crippen LogP contribution in [0.4, 0.5) is 15.8 Å². The number of para-hydroxylation sites is 1. The summed E-state index contributed by atoms with van der Waals surface area (Å²) in [6.07, 6.45) is 0.514. The van der Waals surface area contributed by atoms with E-state index in [4.69, 9.17) is 0 Å². The zero-order chi connectivity index (χ0) is 15.9. The molecule has 0 aromatic heterocycles. The van der Waals surface area contributed by atoms with Gasteiger partial charge in [-0.25, -0.2) is 0 Å². The van der Waals surface area contributed by atoms with E-state index in [1.54, 1.807) is 0 Å². The fraction of sp³-hybridized carbons (Fsp3) is 0.250. The lowest BCUT2D eigenvalue weighted by Crippen LogP contribution is -2.15. The summed E-state index contributed by atoms with van der Waals surface area (Å²) in [4.78, 5) is 10.2.